The van der Waals surface area contributed by atoms with Gasteiger partial charge in [0.1, 0.15) is 22.5 Å². The maximum atomic E-state index is 12.5. The van der Waals surface area contributed by atoms with Crippen molar-refractivity contribution in [3.8, 4) is 5.75 Å². The predicted octanol–water partition coefficient (Wildman–Crippen LogP) is 3.24. The lowest BCUT2D eigenvalue weighted by atomic mass is 10.1. The minimum absolute atomic E-state index is 0.166. The number of benzene rings is 1. The van der Waals surface area contributed by atoms with Crippen LogP contribution in [0, 0.1) is 13.8 Å². The molecule has 0 aliphatic rings. The molecule has 2 aromatic heterocycles. The number of carbonyl (C=O) groups excluding carboxylic acids is 1. The van der Waals surface area contributed by atoms with Crippen LogP contribution in [-0.2, 0) is 17.6 Å². The SMILES string of the molecule is CNc1cccc(CCOc2ccc(C[C@H](NC(=O)c3sc(C)nc3C)C(=O)O)cc2)n1. The van der Waals surface area contributed by atoms with Crippen molar-refractivity contribution in [2.24, 2.45) is 0 Å². The molecule has 1 aromatic carbocycles. The number of nitrogens with zero attached hydrogens (tertiary/aromatic N) is 2. The highest BCUT2D eigenvalue weighted by Crippen LogP contribution is 2.18. The smallest absolute Gasteiger partial charge is 0.326 e. The highest BCUT2D eigenvalue weighted by atomic mass is 32.1. The maximum absolute atomic E-state index is 12.5. The Morgan fingerprint density at radius 3 is 2.50 bits per heavy atom. The van der Waals surface area contributed by atoms with E-state index in [1.807, 2.05) is 32.2 Å². The van der Waals surface area contributed by atoms with Gasteiger partial charge in [-0.2, -0.15) is 0 Å². The van der Waals surface area contributed by atoms with Crippen molar-refractivity contribution < 1.29 is 19.4 Å². The molecule has 0 radical (unpaired) electrons. The number of amides is 1. The molecule has 1 amide bonds. The summed E-state index contributed by atoms with van der Waals surface area (Å²) in [5.41, 5.74) is 2.31. The minimum atomic E-state index is -1.09. The van der Waals surface area contributed by atoms with E-state index in [2.05, 4.69) is 20.6 Å². The molecule has 0 bridgehead atoms. The van der Waals surface area contributed by atoms with E-state index in [0.29, 0.717) is 29.3 Å². The molecule has 2 heterocycles. The van der Waals surface area contributed by atoms with E-state index >= 15 is 0 Å². The van der Waals surface area contributed by atoms with Gasteiger partial charge in [-0.3, -0.25) is 4.79 Å². The van der Waals surface area contributed by atoms with Crippen molar-refractivity contribution in [1.29, 1.82) is 0 Å². The van der Waals surface area contributed by atoms with Gasteiger partial charge in [-0.1, -0.05) is 18.2 Å². The fourth-order valence-electron chi connectivity index (χ4n) is 3.15. The second-order valence-corrected chi connectivity index (χ2v) is 8.43. The van der Waals surface area contributed by atoms with Crippen LogP contribution in [0.2, 0.25) is 0 Å². The Labute approximate surface area is 190 Å². The molecule has 9 heteroatoms. The summed E-state index contributed by atoms with van der Waals surface area (Å²) in [6.07, 6.45) is 0.833. The number of nitrogens with one attached hydrogen (secondary N) is 2. The van der Waals surface area contributed by atoms with E-state index in [4.69, 9.17) is 4.74 Å². The number of carboxylic acids is 1. The van der Waals surface area contributed by atoms with E-state index in [9.17, 15) is 14.7 Å². The lowest BCUT2D eigenvalue weighted by molar-refractivity contribution is -0.139. The first-order chi connectivity index (χ1) is 15.4. The molecular weight excluding hydrogens is 428 g/mol. The zero-order valence-electron chi connectivity index (χ0n) is 18.2. The van der Waals surface area contributed by atoms with Crippen LogP contribution in [0.4, 0.5) is 5.82 Å². The number of anilines is 1. The van der Waals surface area contributed by atoms with Crippen LogP contribution in [0.25, 0.3) is 0 Å². The second-order valence-electron chi connectivity index (χ2n) is 7.22. The number of thiazole rings is 1. The number of aliphatic carboxylic acids is 1. The molecule has 3 N–H and O–H groups in total. The number of hydrogen-bond acceptors (Lipinski definition) is 7. The molecule has 32 heavy (non-hydrogen) atoms. The first-order valence-corrected chi connectivity index (χ1v) is 11.0. The van der Waals surface area contributed by atoms with Gasteiger partial charge in [0.2, 0.25) is 0 Å². The summed E-state index contributed by atoms with van der Waals surface area (Å²) in [6, 6.07) is 11.9. The summed E-state index contributed by atoms with van der Waals surface area (Å²) in [4.78, 5) is 33.3. The van der Waals surface area contributed by atoms with Gasteiger partial charge < -0.3 is 20.5 Å². The molecule has 168 valence electrons. The van der Waals surface area contributed by atoms with Crippen LogP contribution in [0.1, 0.15) is 31.6 Å². The first kappa shape index (κ1) is 23.2. The highest BCUT2D eigenvalue weighted by molar-refractivity contribution is 7.13. The van der Waals surface area contributed by atoms with Gasteiger partial charge in [0.05, 0.1) is 17.3 Å². The monoisotopic (exact) mass is 454 g/mol. The molecular formula is C23H26N4O4S. The van der Waals surface area contributed by atoms with E-state index in [1.54, 1.807) is 31.2 Å². The number of pyridine rings is 1. The summed E-state index contributed by atoms with van der Waals surface area (Å²) >= 11 is 1.25. The molecule has 3 rings (SSSR count). The Balaban J connectivity index is 1.55. The van der Waals surface area contributed by atoms with Gasteiger partial charge in [-0.05, 0) is 43.7 Å². The number of rotatable bonds is 10. The molecule has 0 aliphatic heterocycles. The lowest BCUT2D eigenvalue weighted by Crippen LogP contribution is -2.42. The zero-order valence-corrected chi connectivity index (χ0v) is 19.0. The van der Waals surface area contributed by atoms with Gasteiger partial charge in [0.25, 0.3) is 5.91 Å². The van der Waals surface area contributed by atoms with Crippen molar-refractivity contribution >= 4 is 29.0 Å². The molecule has 0 saturated heterocycles. The Bertz CT molecular complexity index is 1080. The fourth-order valence-corrected chi connectivity index (χ4v) is 3.98. The Morgan fingerprint density at radius 1 is 1.12 bits per heavy atom. The molecule has 0 spiro atoms. The summed E-state index contributed by atoms with van der Waals surface area (Å²) in [5.74, 6) is -0.0111. The van der Waals surface area contributed by atoms with Crippen LogP contribution >= 0.6 is 11.3 Å². The Kier molecular flexibility index (Phi) is 7.77. The molecule has 0 unspecified atom stereocenters. The Morgan fingerprint density at radius 2 is 1.88 bits per heavy atom. The number of aromatic nitrogens is 2. The molecule has 0 fully saturated rings. The van der Waals surface area contributed by atoms with Crippen molar-refractivity contribution in [3.05, 3.63) is 69.3 Å². The van der Waals surface area contributed by atoms with Crippen molar-refractivity contribution in [2.45, 2.75) is 32.7 Å². The van der Waals surface area contributed by atoms with Crippen molar-refractivity contribution in [2.75, 3.05) is 19.0 Å². The highest BCUT2D eigenvalue weighted by Gasteiger charge is 2.23. The van der Waals surface area contributed by atoms with E-state index in [0.717, 1.165) is 22.1 Å². The molecule has 0 saturated carbocycles. The van der Waals surface area contributed by atoms with E-state index < -0.39 is 17.9 Å². The standard InChI is InChI=1S/C23H26N4O4S/c1-14-21(32-15(2)25-14)22(28)27-19(23(29)30)13-16-7-9-18(10-8-16)31-12-11-17-5-4-6-20(24-3)26-17/h4-10,19H,11-13H2,1-3H3,(H,24,26)(H,27,28)(H,29,30)/t19-/m0/s1. The van der Waals surface area contributed by atoms with Crippen LogP contribution in [0.5, 0.6) is 5.75 Å². The average molecular weight is 455 g/mol. The predicted molar refractivity (Wildman–Crippen MR) is 124 cm³/mol. The van der Waals surface area contributed by atoms with E-state index in [1.165, 1.54) is 11.3 Å². The van der Waals surface area contributed by atoms with Crippen LogP contribution < -0.4 is 15.4 Å². The lowest BCUT2D eigenvalue weighted by Gasteiger charge is -2.15. The number of hydrogen-bond donors (Lipinski definition) is 3. The normalized spacial score (nSPS) is 11.6. The fraction of sp³-hybridized carbons (Fsp3) is 0.304. The van der Waals surface area contributed by atoms with Crippen LogP contribution in [0.15, 0.2) is 42.5 Å². The third-order valence-corrected chi connectivity index (χ3v) is 5.84. The molecule has 3 aromatic rings. The third-order valence-electron chi connectivity index (χ3n) is 4.77. The summed E-state index contributed by atoms with van der Waals surface area (Å²) in [5, 5.41) is 15.9. The van der Waals surface area contributed by atoms with Gasteiger partial charge in [-0.25, -0.2) is 14.8 Å². The maximum Gasteiger partial charge on any atom is 0.326 e. The first-order valence-electron chi connectivity index (χ1n) is 10.2. The second kappa shape index (κ2) is 10.7. The topological polar surface area (TPSA) is 113 Å². The van der Waals surface area contributed by atoms with E-state index in [-0.39, 0.29) is 6.42 Å². The molecule has 0 aliphatic carbocycles. The number of aryl methyl sites for hydroxylation is 2. The van der Waals surface area contributed by atoms with Crippen LogP contribution in [0.3, 0.4) is 0 Å². The third kappa shape index (κ3) is 6.27. The number of carbonyl (C=O) groups is 2. The van der Waals surface area contributed by atoms with Crippen LogP contribution in [-0.4, -0.2) is 46.6 Å². The molecule has 8 nitrogen and oxygen atoms in total. The molecule has 1 atom stereocenters. The van der Waals surface area contributed by atoms with Gasteiger partial charge in [0, 0.05) is 25.6 Å². The Hall–Kier alpha value is -3.46. The minimum Gasteiger partial charge on any atom is -0.493 e. The van der Waals surface area contributed by atoms with Crippen molar-refractivity contribution in [3.63, 3.8) is 0 Å². The zero-order chi connectivity index (χ0) is 23.1. The van der Waals surface area contributed by atoms with Gasteiger partial charge in [-0.15, -0.1) is 11.3 Å². The number of ether oxygens (including phenoxy) is 1. The summed E-state index contributed by atoms with van der Waals surface area (Å²) < 4.78 is 5.78. The van der Waals surface area contributed by atoms with Crippen molar-refractivity contribution in [1.82, 2.24) is 15.3 Å². The summed E-state index contributed by atoms with van der Waals surface area (Å²) in [7, 11) is 1.83. The summed E-state index contributed by atoms with van der Waals surface area (Å²) in [6.45, 7) is 4.02. The average Bonchev–Trinajstić information content (AvgIpc) is 3.12. The number of carboxylic acid groups (broad SMARTS) is 1. The largest absolute Gasteiger partial charge is 0.493 e. The quantitative estimate of drug-likeness (QED) is 0.431. The van der Waals surface area contributed by atoms with Gasteiger partial charge in [0.15, 0.2) is 0 Å². The van der Waals surface area contributed by atoms with Gasteiger partial charge >= 0.3 is 5.97 Å².